The molecule has 20 heavy (non-hydrogen) atoms. The zero-order valence-corrected chi connectivity index (χ0v) is 13.1. The van der Waals surface area contributed by atoms with Crippen molar-refractivity contribution >= 4 is 10.0 Å². The number of nitrogens with one attached hydrogen (secondary N) is 1. The van der Waals surface area contributed by atoms with Gasteiger partial charge in [-0.2, -0.15) is 4.31 Å². The van der Waals surface area contributed by atoms with E-state index in [2.05, 4.69) is 5.32 Å². The Morgan fingerprint density at radius 2 is 2.00 bits per heavy atom. The Morgan fingerprint density at radius 3 is 2.75 bits per heavy atom. The van der Waals surface area contributed by atoms with Crippen molar-refractivity contribution in [1.29, 1.82) is 0 Å². The average molecular weight is 294 g/mol. The molecule has 0 bridgehead atoms. The molecule has 1 aromatic rings. The average Bonchev–Trinajstić information content (AvgIpc) is 2.91. The molecule has 2 saturated heterocycles. The highest BCUT2D eigenvalue weighted by atomic mass is 32.2. The van der Waals surface area contributed by atoms with Gasteiger partial charge in [-0.1, -0.05) is 12.1 Å². The molecule has 0 aliphatic carbocycles. The first-order valence-electron chi connectivity index (χ1n) is 7.23. The maximum atomic E-state index is 13.1. The number of rotatable bonds is 2. The quantitative estimate of drug-likeness (QED) is 0.903. The van der Waals surface area contributed by atoms with Crippen LogP contribution >= 0.6 is 0 Å². The molecule has 3 rings (SSSR count). The number of aryl methyl sites for hydroxylation is 2. The molecule has 0 spiro atoms. The van der Waals surface area contributed by atoms with Crippen LogP contribution in [0.15, 0.2) is 23.1 Å². The van der Waals surface area contributed by atoms with E-state index in [1.165, 1.54) is 0 Å². The van der Waals surface area contributed by atoms with E-state index in [1.807, 2.05) is 32.9 Å². The monoisotopic (exact) mass is 294 g/mol. The second-order valence-electron chi connectivity index (χ2n) is 6.17. The summed E-state index contributed by atoms with van der Waals surface area (Å²) in [5.41, 5.74) is 1.82. The number of sulfonamides is 1. The Balaban J connectivity index is 2.05. The first kappa shape index (κ1) is 14.0. The Morgan fingerprint density at radius 1 is 1.25 bits per heavy atom. The minimum atomic E-state index is -3.40. The van der Waals surface area contributed by atoms with Crippen molar-refractivity contribution in [2.75, 3.05) is 13.1 Å². The zero-order chi connectivity index (χ0) is 14.5. The molecule has 0 saturated carbocycles. The lowest BCUT2D eigenvalue weighted by Gasteiger charge is -2.27. The maximum Gasteiger partial charge on any atom is 0.243 e. The first-order chi connectivity index (χ1) is 9.41. The summed E-state index contributed by atoms with van der Waals surface area (Å²) in [5.74, 6) is 0.463. The van der Waals surface area contributed by atoms with E-state index < -0.39 is 10.0 Å². The molecule has 2 aliphatic rings. The van der Waals surface area contributed by atoms with Gasteiger partial charge in [0.05, 0.1) is 4.90 Å². The smallest absolute Gasteiger partial charge is 0.243 e. The van der Waals surface area contributed by atoms with E-state index in [0.29, 0.717) is 10.8 Å². The summed E-state index contributed by atoms with van der Waals surface area (Å²) < 4.78 is 27.9. The first-order valence-corrected chi connectivity index (χ1v) is 8.67. The van der Waals surface area contributed by atoms with Gasteiger partial charge in [-0.15, -0.1) is 0 Å². The van der Waals surface area contributed by atoms with Gasteiger partial charge < -0.3 is 5.32 Å². The van der Waals surface area contributed by atoms with Gasteiger partial charge in [-0.3, -0.25) is 0 Å². The Kier molecular flexibility index (Phi) is 3.39. The molecule has 5 heteroatoms. The third kappa shape index (κ3) is 2.08. The Labute approximate surface area is 121 Å². The lowest BCUT2D eigenvalue weighted by Crippen LogP contribution is -2.42. The fourth-order valence-electron chi connectivity index (χ4n) is 3.64. The Bertz CT molecular complexity index is 627. The van der Waals surface area contributed by atoms with Crippen molar-refractivity contribution in [1.82, 2.24) is 9.62 Å². The molecule has 0 aromatic heterocycles. The molecule has 0 amide bonds. The van der Waals surface area contributed by atoms with Crippen LogP contribution in [0.3, 0.4) is 0 Å². The molecule has 3 unspecified atom stereocenters. The van der Waals surface area contributed by atoms with Crippen molar-refractivity contribution in [3.63, 3.8) is 0 Å². The molecular weight excluding hydrogens is 272 g/mol. The molecule has 1 aromatic carbocycles. The molecule has 1 N–H and O–H groups in total. The van der Waals surface area contributed by atoms with Crippen LogP contribution in [-0.2, 0) is 10.0 Å². The van der Waals surface area contributed by atoms with Crippen LogP contribution < -0.4 is 5.32 Å². The van der Waals surface area contributed by atoms with Crippen molar-refractivity contribution in [3.05, 3.63) is 29.3 Å². The molecule has 0 radical (unpaired) electrons. The van der Waals surface area contributed by atoms with Crippen molar-refractivity contribution in [3.8, 4) is 0 Å². The molecular formula is C15H22N2O2S. The Hall–Kier alpha value is -0.910. The van der Waals surface area contributed by atoms with E-state index in [9.17, 15) is 8.42 Å². The molecule has 2 aliphatic heterocycles. The van der Waals surface area contributed by atoms with E-state index >= 15 is 0 Å². The van der Waals surface area contributed by atoms with Crippen LogP contribution in [0.5, 0.6) is 0 Å². The molecule has 3 atom stereocenters. The minimum Gasteiger partial charge on any atom is -0.315 e. The topological polar surface area (TPSA) is 49.4 Å². The van der Waals surface area contributed by atoms with Crippen molar-refractivity contribution in [2.45, 2.75) is 44.2 Å². The summed E-state index contributed by atoms with van der Waals surface area (Å²) in [6.07, 6.45) is 0.960. The molecule has 110 valence electrons. The second kappa shape index (κ2) is 4.83. The summed E-state index contributed by atoms with van der Waals surface area (Å²) in [6.45, 7) is 7.55. The lowest BCUT2D eigenvalue weighted by atomic mass is 10.0. The number of nitrogens with zero attached hydrogens (tertiary/aromatic N) is 1. The standard InChI is InChI=1S/C15H22N2O2S/c1-10-4-5-11(2)15(6-10)20(18,19)17-12(3)7-13-8-16-9-14(13)17/h4-6,12-14,16H,7-9H2,1-3H3. The van der Waals surface area contributed by atoms with Crippen LogP contribution in [0, 0.1) is 19.8 Å². The number of hydrogen-bond donors (Lipinski definition) is 1. The third-order valence-corrected chi connectivity index (χ3v) is 6.79. The van der Waals surface area contributed by atoms with E-state index in [0.717, 1.165) is 30.6 Å². The largest absolute Gasteiger partial charge is 0.315 e. The van der Waals surface area contributed by atoms with E-state index in [4.69, 9.17) is 0 Å². The van der Waals surface area contributed by atoms with Crippen LogP contribution in [0.25, 0.3) is 0 Å². The predicted molar refractivity (Wildman–Crippen MR) is 79.2 cm³/mol. The summed E-state index contributed by atoms with van der Waals surface area (Å²) in [7, 11) is -3.40. The second-order valence-corrected chi connectivity index (χ2v) is 7.99. The highest BCUT2D eigenvalue weighted by molar-refractivity contribution is 7.89. The van der Waals surface area contributed by atoms with E-state index in [-0.39, 0.29) is 12.1 Å². The van der Waals surface area contributed by atoms with Crippen LogP contribution in [0.1, 0.15) is 24.5 Å². The zero-order valence-electron chi connectivity index (χ0n) is 12.3. The van der Waals surface area contributed by atoms with Gasteiger partial charge >= 0.3 is 0 Å². The number of fused-ring (bicyclic) bond motifs is 1. The molecule has 2 heterocycles. The fourth-order valence-corrected chi connectivity index (χ4v) is 5.84. The number of hydrogen-bond acceptors (Lipinski definition) is 3. The van der Waals surface area contributed by atoms with Gasteiger partial charge in [0, 0.05) is 18.6 Å². The van der Waals surface area contributed by atoms with Crippen molar-refractivity contribution in [2.24, 2.45) is 5.92 Å². The highest BCUT2D eigenvalue weighted by Crippen LogP contribution is 2.37. The SMILES string of the molecule is Cc1ccc(C)c(S(=O)(=O)N2C(C)CC3CNCC32)c1. The van der Waals surface area contributed by atoms with E-state index in [1.54, 1.807) is 10.4 Å². The summed E-state index contributed by atoms with van der Waals surface area (Å²) in [5, 5.41) is 3.32. The van der Waals surface area contributed by atoms with Gasteiger partial charge in [0.15, 0.2) is 0 Å². The summed E-state index contributed by atoms with van der Waals surface area (Å²) >= 11 is 0. The van der Waals surface area contributed by atoms with Crippen molar-refractivity contribution < 1.29 is 8.42 Å². The van der Waals surface area contributed by atoms with Crippen LogP contribution in [0.4, 0.5) is 0 Å². The molecule has 4 nitrogen and oxygen atoms in total. The summed E-state index contributed by atoms with van der Waals surface area (Å²) in [6, 6.07) is 5.87. The van der Waals surface area contributed by atoms with Gasteiger partial charge in [-0.25, -0.2) is 8.42 Å². The minimum absolute atomic E-state index is 0.0945. The normalized spacial score (nSPS) is 30.6. The highest BCUT2D eigenvalue weighted by Gasteiger charge is 2.48. The molecule has 2 fully saturated rings. The van der Waals surface area contributed by atoms with Gasteiger partial charge in [0.25, 0.3) is 0 Å². The lowest BCUT2D eigenvalue weighted by molar-refractivity contribution is 0.335. The van der Waals surface area contributed by atoms with Gasteiger partial charge in [-0.05, 0) is 56.8 Å². The van der Waals surface area contributed by atoms with Crippen LogP contribution in [-0.4, -0.2) is 37.9 Å². The fraction of sp³-hybridized carbons (Fsp3) is 0.600. The van der Waals surface area contributed by atoms with Crippen LogP contribution in [0.2, 0.25) is 0 Å². The predicted octanol–water partition coefficient (Wildman–Crippen LogP) is 1.67. The summed E-state index contributed by atoms with van der Waals surface area (Å²) in [4.78, 5) is 0.469. The maximum absolute atomic E-state index is 13.1. The van der Waals surface area contributed by atoms with Gasteiger partial charge in [0.2, 0.25) is 10.0 Å². The third-order valence-electron chi connectivity index (χ3n) is 4.61. The van der Waals surface area contributed by atoms with Gasteiger partial charge in [0.1, 0.15) is 0 Å². The number of benzene rings is 1.